The second kappa shape index (κ2) is 12.2. The highest BCUT2D eigenvalue weighted by molar-refractivity contribution is 9.10. The zero-order valence-corrected chi connectivity index (χ0v) is 21.9. The Hall–Kier alpha value is -2.56. The molecule has 0 saturated carbocycles. The maximum absolute atomic E-state index is 6.02. The third-order valence-corrected chi connectivity index (χ3v) is 6.88. The quantitative estimate of drug-likeness (QED) is 0.273. The fourth-order valence-electron chi connectivity index (χ4n) is 4.50. The number of halogens is 1. The number of likely N-dealkylation sites (tertiary alicyclic amines) is 1. The molecule has 0 spiro atoms. The van der Waals surface area contributed by atoms with E-state index in [1.807, 2.05) is 18.2 Å². The largest absolute Gasteiger partial charge is 0.489 e. The van der Waals surface area contributed by atoms with Crippen LogP contribution in [0.3, 0.4) is 0 Å². The summed E-state index contributed by atoms with van der Waals surface area (Å²) in [6.45, 7) is 9.14. The summed E-state index contributed by atoms with van der Waals surface area (Å²) in [6, 6.07) is 28.2. The molecule has 178 valence electrons. The van der Waals surface area contributed by atoms with Crippen molar-refractivity contribution >= 4 is 21.6 Å². The highest BCUT2D eigenvalue weighted by atomic mass is 79.9. The summed E-state index contributed by atoms with van der Waals surface area (Å²) in [5.41, 5.74) is 5.18. The molecule has 4 heteroatoms. The van der Waals surface area contributed by atoms with E-state index in [0.717, 1.165) is 36.4 Å². The smallest absolute Gasteiger partial charge is 0.119 e. The Morgan fingerprint density at radius 3 is 2.41 bits per heavy atom. The molecular weight excluding hydrogens is 484 g/mol. The maximum Gasteiger partial charge on any atom is 0.119 e. The van der Waals surface area contributed by atoms with Gasteiger partial charge in [-0.1, -0.05) is 70.0 Å². The summed E-state index contributed by atoms with van der Waals surface area (Å²) in [5.74, 6) is 0.912. The van der Waals surface area contributed by atoms with Gasteiger partial charge in [-0.2, -0.15) is 0 Å². The van der Waals surface area contributed by atoms with Crippen LogP contribution in [-0.4, -0.2) is 30.6 Å². The lowest BCUT2D eigenvalue weighted by molar-refractivity contribution is 0.197. The number of nitrogens with zero attached hydrogens (tertiary/aromatic N) is 2. The van der Waals surface area contributed by atoms with Gasteiger partial charge in [0.25, 0.3) is 0 Å². The molecule has 1 saturated heterocycles. The van der Waals surface area contributed by atoms with Crippen molar-refractivity contribution in [2.75, 3.05) is 24.5 Å². The number of benzene rings is 3. The Kier molecular flexibility index (Phi) is 8.84. The van der Waals surface area contributed by atoms with Gasteiger partial charge in [-0.25, -0.2) is 0 Å². The van der Waals surface area contributed by atoms with Gasteiger partial charge in [0.15, 0.2) is 0 Å². The molecule has 1 aliphatic rings. The van der Waals surface area contributed by atoms with Gasteiger partial charge in [-0.3, -0.25) is 4.90 Å². The molecule has 0 N–H and O–H groups in total. The van der Waals surface area contributed by atoms with Crippen molar-refractivity contribution in [2.24, 2.45) is 0 Å². The van der Waals surface area contributed by atoms with Crippen molar-refractivity contribution in [3.05, 3.63) is 106 Å². The van der Waals surface area contributed by atoms with Gasteiger partial charge in [-0.15, -0.1) is 0 Å². The Bertz CT molecular complexity index is 1040. The molecule has 1 unspecified atom stereocenters. The third kappa shape index (κ3) is 7.22. The molecule has 1 atom stereocenters. The van der Waals surface area contributed by atoms with Gasteiger partial charge in [0.05, 0.1) is 0 Å². The van der Waals surface area contributed by atoms with E-state index < -0.39 is 0 Å². The molecule has 0 bridgehead atoms. The highest BCUT2D eigenvalue weighted by Gasteiger charge is 2.25. The molecule has 3 nitrogen and oxygen atoms in total. The van der Waals surface area contributed by atoms with E-state index in [1.54, 1.807) is 0 Å². The van der Waals surface area contributed by atoms with Crippen LogP contribution >= 0.6 is 15.9 Å². The third-order valence-electron chi connectivity index (χ3n) is 6.35. The summed E-state index contributed by atoms with van der Waals surface area (Å²) in [7, 11) is 0. The van der Waals surface area contributed by atoms with Gasteiger partial charge >= 0.3 is 0 Å². The molecule has 0 aromatic heterocycles. The van der Waals surface area contributed by atoms with Gasteiger partial charge in [0.1, 0.15) is 12.4 Å². The standard InChI is InChI=1S/C30H35BrN2O/c1-24(2)18-20-33(28-14-16-30(17-15-28)34-23-26-7-4-3-5-8-26)29-9-6-19-32(22-29)21-25-10-12-27(31)13-11-25/h3-5,7-8,10-18,29H,6,9,19-23H2,1-2H3. The Labute approximate surface area is 213 Å². The first kappa shape index (κ1) is 24.6. The van der Waals surface area contributed by atoms with Crippen LogP contribution in [0.2, 0.25) is 0 Å². The molecule has 1 aliphatic heterocycles. The van der Waals surface area contributed by atoms with Crippen molar-refractivity contribution in [3.8, 4) is 5.75 Å². The van der Waals surface area contributed by atoms with Crippen molar-refractivity contribution < 1.29 is 4.74 Å². The van der Waals surface area contributed by atoms with E-state index >= 15 is 0 Å². The van der Waals surface area contributed by atoms with Crippen LogP contribution in [0.15, 0.2) is 95.0 Å². The van der Waals surface area contributed by atoms with Gasteiger partial charge in [-0.05, 0) is 80.8 Å². The number of piperidine rings is 1. The second-order valence-corrected chi connectivity index (χ2v) is 10.3. The minimum Gasteiger partial charge on any atom is -0.489 e. The number of anilines is 1. The van der Waals surface area contributed by atoms with Crippen molar-refractivity contribution in [1.29, 1.82) is 0 Å². The summed E-state index contributed by atoms with van der Waals surface area (Å²) in [6.07, 6.45) is 4.79. The monoisotopic (exact) mass is 518 g/mol. The van der Waals surface area contributed by atoms with Crippen LogP contribution in [0.1, 0.15) is 37.8 Å². The van der Waals surface area contributed by atoms with E-state index in [9.17, 15) is 0 Å². The molecular formula is C30H35BrN2O. The zero-order valence-electron chi connectivity index (χ0n) is 20.3. The SMILES string of the molecule is CC(C)=CCN(c1ccc(OCc2ccccc2)cc1)C1CCCN(Cc2ccc(Br)cc2)C1. The molecule has 1 heterocycles. The van der Waals surface area contributed by atoms with Crippen molar-refractivity contribution in [2.45, 2.75) is 45.9 Å². The second-order valence-electron chi connectivity index (χ2n) is 9.36. The number of ether oxygens (including phenoxy) is 1. The van der Waals surface area contributed by atoms with E-state index in [0.29, 0.717) is 12.6 Å². The lowest BCUT2D eigenvalue weighted by atomic mass is 10.0. The van der Waals surface area contributed by atoms with E-state index in [2.05, 4.69) is 106 Å². The fourth-order valence-corrected chi connectivity index (χ4v) is 4.76. The summed E-state index contributed by atoms with van der Waals surface area (Å²) in [4.78, 5) is 5.17. The minimum atomic E-state index is 0.496. The molecule has 0 aliphatic carbocycles. The van der Waals surface area contributed by atoms with Crippen LogP contribution in [-0.2, 0) is 13.2 Å². The summed E-state index contributed by atoms with van der Waals surface area (Å²) < 4.78 is 7.16. The number of hydrogen-bond donors (Lipinski definition) is 0. The average Bonchev–Trinajstić information content (AvgIpc) is 2.86. The Morgan fingerprint density at radius 2 is 1.71 bits per heavy atom. The zero-order chi connectivity index (χ0) is 23.8. The van der Waals surface area contributed by atoms with Crippen LogP contribution in [0.4, 0.5) is 5.69 Å². The van der Waals surface area contributed by atoms with Crippen LogP contribution in [0.25, 0.3) is 0 Å². The maximum atomic E-state index is 6.02. The lowest BCUT2D eigenvalue weighted by Gasteiger charge is -2.40. The minimum absolute atomic E-state index is 0.496. The predicted molar refractivity (Wildman–Crippen MR) is 146 cm³/mol. The van der Waals surface area contributed by atoms with Gasteiger partial charge < -0.3 is 9.64 Å². The molecule has 3 aromatic rings. The Morgan fingerprint density at radius 1 is 0.971 bits per heavy atom. The summed E-state index contributed by atoms with van der Waals surface area (Å²) in [5, 5.41) is 0. The molecule has 4 rings (SSSR count). The summed E-state index contributed by atoms with van der Waals surface area (Å²) >= 11 is 3.55. The number of allylic oxidation sites excluding steroid dienone is 1. The molecule has 1 fully saturated rings. The first-order chi connectivity index (χ1) is 16.6. The fraction of sp³-hybridized carbons (Fsp3) is 0.333. The molecule has 0 amide bonds. The molecule has 34 heavy (non-hydrogen) atoms. The topological polar surface area (TPSA) is 15.7 Å². The molecule has 3 aromatic carbocycles. The van der Waals surface area contributed by atoms with Crippen molar-refractivity contribution in [3.63, 3.8) is 0 Å². The van der Waals surface area contributed by atoms with E-state index in [1.165, 1.54) is 35.2 Å². The van der Waals surface area contributed by atoms with Crippen LogP contribution < -0.4 is 9.64 Å². The van der Waals surface area contributed by atoms with E-state index in [-0.39, 0.29) is 0 Å². The van der Waals surface area contributed by atoms with Gasteiger partial charge in [0, 0.05) is 35.8 Å². The van der Waals surface area contributed by atoms with Crippen LogP contribution in [0.5, 0.6) is 5.75 Å². The van der Waals surface area contributed by atoms with E-state index in [4.69, 9.17) is 4.74 Å². The first-order valence-electron chi connectivity index (χ1n) is 12.2. The first-order valence-corrected chi connectivity index (χ1v) is 13.0. The van der Waals surface area contributed by atoms with Gasteiger partial charge in [0.2, 0.25) is 0 Å². The lowest BCUT2D eigenvalue weighted by Crippen LogP contribution is -2.48. The number of hydrogen-bond acceptors (Lipinski definition) is 3. The predicted octanol–water partition coefficient (Wildman–Crippen LogP) is 7.47. The normalized spacial score (nSPS) is 16.1. The average molecular weight is 520 g/mol. The Balaban J connectivity index is 1.43. The van der Waals surface area contributed by atoms with Crippen molar-refractivity contribution in [1.82, 2.24) is 4.90 Å². The number of rotatable bonds is 9. The highest BCUT2D eigenvalue weighted by Crippen LogP contribution is 2.27. The van der Waals surface area contributed by atoms with Crippen LogP contribution in [0, 0.1) is 0 Å². The molecule has 0 radical (unpaired) electrons.